The van der Waals surface area contributed by atoms with Gasteiger partial charge in [0.1, 0.15) is 10.9 Å². The SMILES string of the molecule is COc1cccc(C=NNc2nc(Cl)c(Cl)cc2Cl)c1. The topological polar surface area (TPSA) is 46.5 Å². The molecule has 1 aromatic carbocycles. The molecular formula is C13H10Cl3N3O. The summed E-state index contributed by atoms with van der Waals surface area (Å²) >= 11 is 17.6. The summed E-state index contributed by atoms with van der Waals surface area (Å²) in [6, 6.07) is 8.95. The van der Waals surface area contributed by atoms with Crippen molar-refractivity contribution in [3.8, 4) is 5.75 Å². The zero-order valence-electron chi connectivity index (χ0n) is 10.4. The molecule has 1 aromatic heterocycles. The van der Waals surface area contributed by atoms with E-state index in [-0.39, 0.29) is 5.15 Å². The summed E-state index contributed by atoms with van der Waals surface area (Å²) in [5, 5.41) is 4.83. The molecule has 0 atom stereocenters. The van der Waals surface area contributed by atoms with Crippen molar-refractivity contribution in [2.45, 2.75) is 0 Å². The molecule has 4 nitrogen and oxygen atoms in total. The number of benzene rings is 1. The van der Waals surface area contributed by atoms with Crippen LogP contribution < -0.4 is 10.2 Å². The van der Waals surface area contributed by atoms with E-state index in [4.69, 9.17) is 39.5 Å². The molecule has 0 saturated carbocycles. The second-order valence-corrected chi connectivity index (χ2v) is 4.91. The summed E-state index contributed by atoms with van der Waals surface area (Å²) in [6.45, 7) is 0. The Morgan fingerprint density at radius 1 is 1.20 bits per heavy atom. The molecule has 2 aromatic rings. The molecule has 2 rings (SSSR count). The first-order chi connectivity index (χ1) is 9.60. The molecule has 0 aliphatic heterocycles. The first-order valence-corrected chi connectivity index (χ1v) is 6.68. The van der Waals surface area contributed by atoms with E-state index in [1.165, 1.54) is 6.07 Å². The molecule has 0 unspecified atom stereocenters. The van der Waals surface area contributed by atoms with E-state index in [0.717, 1.165) is 11.3 Å². The van der Waals surface area contributed by atoms with Gasteiger partial charge < -0.3 is 4.74 Å². The van der Waals surface area contributed by atoms with Crippen molar-refractivity contribution >= 4 is 46.8 Å². The first kappa shape index (κ1) is 14.9. The van der Waals surface area contributed by atoms with Crippen molar-refractivity contribution in [3.05, 3.63) is 51.1 Å². The number of hydrazone groups is 1. The molecule has 0 spiro atoms. The maximum absolute atomic E-state index is 5.97. The summed E-state index contributed by atoms with van der Waals surface area (Å²) in [5.74, 6) is 1.08. The molecule has 20 heavy (non-hydrogen) atoms. The van der Waals surface area contributed by atoms with E-state index < -0.39 is 0 Å². The summed E-state index contributed by atoms with van der Waals surface area (Å²) in [6.07, 6.45) is 1.61. The number of hydrogen-bond acceptors (Lipinski definition) is 4. The monoisotopic (exact) mass is 329 g/mol. The molecule has 0 bridgehead atoms. The predicted molar refractivity (Wildman–Crippen MR) is 83.5 cm³/mol. The van der Waals surface area contributed by atoms with E-state index in [1.54, 1.807) is 13.3 Å². The Hall–Kier alpha value is -1.49. The van der Waals surface area contributed by atoms with Gasteiger partial charge in [0.05, 0.1) is 23.4 Å². The fourth-order valence-electron chi connectivity index (χ4n) is 1.41. The molecule has 0 aliphatic rings. The molecule has 1 N–H and O–H groups in total. The summed E-state index contributed by atoms with van der Waals surface area (Å²) in [7, 11) is 1.61. The van der Waals surface area contributed by atoms with Gasteiger partial charge in [0, 0.05) is 0 Å². The van der Waals surface area contributed by atoms with Gasteiger partial charge in [-0.2, -0.15) is 5.10 Å². The Bertz CT molecular complexity index is 647. The largest absolute Gasteiger partial charge is 0.497 e. The lowest BCUT2D eigenvalue weighted by atomic mass is 10.2. The Balaban J connectivity index is 2.11. The standard InChI is InChI=1S/C13H10Cl3N3O/c1-20-9-4-2-3-8(5-9)7-17-19-13-11(15)6-10(14)12(16)18-13/h2-7H,1H3,(H,18,19). The molecule has 0 aliphatic carbocycles. The van der Waals surface area contributed by atoms with Crippen molar-refractivity contribution in [2.75, 3.05) is 12.5 Å². The van der Waals surface area contributed by atoms with Crippen molar-refractivity contribution < 1.29 is 4.74 Å². The number of rotatable bonds is 4. The van der Waals surface area contributed by atoms with Crippen LogP contribution in [0.1, 0.15) is 5.56 Å². The van der Waals surface area contributed by atoms with Crippen LogP contribution in [0, 0.1) is 0 Å². The molecule has 0 amide bonds. The van der Waals surface area contributed by atoms with Crippen LogP contribution in [0.15, 0.2) is 35.4 Å². The number of ether oxygens (including phenoxy) is 1. The summed E-state index contributed by atoms with van der Waals surface area (Å²) in [5.41, 5.74) is 3.58. The Morgan fingerprint density at radius 2 is 2.00 bits per heavy atom. The lowest BCUT2D eigenvalue weighted by Crippen LogP contribution is -1.95. The fraction of sp³-hybridized carbons (Fsp3) is 0.0769. The van der Waals surface area contributed by atoms with E-state index in [2.05, 4.69) is 15.5 Å². The highest BCUT2D eigenvalue weighted by Crippen LogP contribution is 2.28. The average Bonchev–Trinajstić information content (AvgIpc) is 2.44. The molecular weight excluding hydrogens is 321 g/mol. The van der Waals surface area contributed by atoms with Crippen LogP contribution in [-0.4, -0.2) is 18.3 Å². The molecule has 0 radical (unpaired) electrons. The highest BCUT2D eigenvalue weighted by molar-refractivity contribution is 6.42. The first-order valence-electron chi connectivity index (χ1n) is 5.55. The Kier molecular flexibility index (Phi) is 5.06. The number of pyridine rings is 1. The van der Waals surface area contributed by atoms with Gasteiger partial charge in [-0.1, -0.05) is 46.9 Å². The second kappa shape index (κ2) is 6.79. The van der Waals surface area contributed by atoms with Crippen LogP contribution in [0.2, 0.25) is 15.2 Å². The molecule has 1 heterocycles. The third-order valence-electron chi connectivity index (χ3n) is 2.36. The van der Waals surface area contributed by atoms with E-state index in [0.29, 0.717) is 15.9 Å². The van der Waals surface area contributed by atoms with Crippen molar-refractivity contribution in [1.82, 2.24) is 4.98 Å². The maximum Gasteiger partial charge on any atom is 0.166 e. The van der Waals surface area contributed by atoms with Crippen LogP contribution in [0.4, 0.5) is 5.82 Å². The van der Waals surface area contributed by atoms with E-state index in [9.17, 15) is 0 Å². The molecule has 104 valence electrons. The number of halogens is 3. The van der Waals surface area contributed by atoms with Crippen LogP contribution in [0.25, 0.3) is 0 Å². The normalized spacial score (nSPS) is 10.8. The summed E-state index contributed by atoms with van der Waals surface area (Å²) < 4.78 is 5.12. The highest BCUT2D eigenvalue weighted by atomic mass is 35.5. The number of aromatic nitrogens is 1. The Morgan fingerprint density at radius 3 is 2.75 bits per heavy atom. The van der Waals surface area contributed by atoms with Gasteiger partial charge in [-0.3, -0.25) is 5.43 Å². The van der Waals surface area contributed by atoms with Crippen LogP contribution in [0.3, 0.4) is 0 Å². The quantitative estimate of drug-likeness (QED) is 0.510. The van der Waals surface area contributed by atoms with Crippen molar-refractivity contribution in [2.24, 2.45) is 5.10 Å². The molecule has 0 fully saturated rings. The van der Waals surface area contributed by atoms with Crippen LogP contribution in [-0.2, 0) is 0 Å². The third-order valence-corrected chi connectivity index (χ3v) is 3.33. The van der Waals surface area contributed by atoms with E-state index >= 15 is 0 Å². The second-order valence-electron chi connectivity index (χ2n) is 3.74. The maximum atomic E-state index is 5.97. The minimum absolute atomic E-state index is 0.162. The van der Waals surface area contributed by atoms with Crippen LogP contribution in [0.5, 0.6) is 5.75 Å². The molecule has 0 saturated heterocycles. The highest BCUT2D eigenvalue weighted by Gasteiger charge is 2.06. The number of methoxy groups -OCH3 is 1. The lowest BCUT2D eigenvalue weighted by molar-refractivity contribution is 0.415. The number of anilines is 1. The van der Waals surface area contributed by atoms with Crippen molar-refractivity contribution in [3.63, 3.8) is 0 Å². The van der Waals surface area contributed by atoms with Gasteiger partial charge >= 0.3 is 0 Å². The van der Waals surface area contributed by atoms with Gasteiger partial charge in [-0.25, -0.2) is 4.98 Å². The molecule has 7 heteroatoms. The van der Waals surface area contributed by atoms with E-state index in [1.807, 2.05) is 24.3 Å². The van der Waals surface area contributed by atoms with Gasteiger partial charge in [-0.05, 0) is 23.8 Å². The lowest BCUT2D eigenvalue weighted by Gasteiger charge is -2.04. The number of nitrogens with zero attached hydrogens (tertiary/aromatic N) is 2. The van der Waals surface area contributed by atoms with Gasteiger partial charge in [0.25, 0.3) is 0 Å². The number of hydrogen-bond donors (Lipinski definition) is 1. The Labute approximate surface area is 131 Å². The minimum Gasteiger partial charge on any atom is -0.497 e. The van der Waals surface area contributed by atoms with Crippen LogP contribution >= 0.6 is 34.8 Å². The van der Waals surface area contributed by atoms with Gasteiger partial charge in [0.2, 0.25) is 0 Å². The zero-order chi connectivity index (χ0) is 14.5. The van der Waals surface area contributed by atoms with Crippen molar-refractivity contribution in [1.29, 1.82) is 0 Å². The summed E-state index contributed by atoms with van der Waals surface area (Å²) in [4.78, 5) is 3.99. The fourth-order valence-corrected chi connectivity index (χ4v) is 1.95. The van der Waals surface area contributed by atoms with Gasteiger partial charge in [0.15, 0.2) is 5.82 Å². The van der Waals surface area contributed by atoms with Gasteiger partial charge in [-0.15, -0.1) is 0 Å². The average molecular weight is 331 g/mol. The minimum atomic E-state index is 0.162. The third kappa shape index (κ3) is 3.76. The number of nitrogens with one attached hydrogen (secondary N) is 1. The predicted octanol–water partition coefficient (Wildman–Crippen LogP) is 4.50. The zero-order valence-corrected chi connectivity index (χ0v) is 12.7. The smallest absolute Gasteiger partial charge is 0.166 e.